The highest BCUT2D eigenvalue weighted by Crippen LogP contribution is 2.37. The van der Waals surface area contributed by atoms with Gasteiger partial charge in [0.15, 0.2) is 5.75 Å². The second-order valence-corrected chi connectivity index (χ2v) is 8.91. The molecule has 0 radical (unpaired) electrons. The molecule has 2 heterocycles. The number of aryl methyl sites for hydroxylation is 1. The van der Waals surface area contributed by atoms with Crippen molar-refractivity contribution in [1.29, 1.82) is 0 Å². The number of aliphatic hydroxyl groups excluding tert-OH is 4. The maximum absolute atomic E-state index is 13.2. The molecule has 0 unspecified atom stereocenters. The van der Waals surface area contributed by atoms with E-state index in [9.17, 15) is 35.3 Å². The van der Waals surface area contributed by atoms with Gasteiger partial charge in [0.05, 0.1) is 23.7 Å². The first-order chi connectivity index (χ1) is 17.2. The number of aliphatic hydroxyl groups is 4. The van der Waals surface area contributed by atoms with E-state index in [0.29, 0.717) is 6.42 Å². The Morgan fingerprint density at radius 3 is 2.42 bits per heavy atom. The van der Waals surface area contributed by atoms with E-state index in [0.717, 1.165) is 32.1 Å². The number of nitrogens with zero attached hydrogens (tertiary/aromatic N) is 2. The number of ether oxygens (including phenoxy) is 3. The number of pyridine rings is 1. The largest absolute Gasteiger partial charge is 0.485 e. The number of nitro benzene ring substituents is 1. The van der Waals surface area contributed by atoms with Gasteiger partial charge in [-0.25, -0.2) is 0 Å². The summed E-state index contributed by atoms with van der Waals surface area (Å²) in [7, 11) is 1.45. The normalized spacial score (nSPS) is 24.1. The Kier molecular flexibility index (Phi) is 9.63. The van der Waals surface area contributed by atoms with Crippen LogP contribution in [0, 0.1) is 10.1 Å². The Morgan fingerprint density at radius 2 is 1.75 bits per heavy atom. The molecular formula is C24H34N2O10. The molecule has 1 aliphatic rings. The molecule has 1 fully saturated rings. The summed E-state index contributed by atoms with van der Waals surface area (Å²) in [4.78, 5) is 23.9. The number of nitro groups is 1. The molecule has 1 aromatic carbocycles. The lowest BCUT2D eigenvalue weighted by Gasteiger charge is -2.39. The monoisotopic (exact) mass is 510 g/mol. The summed E-state index contributed by atoms with van der Waals surface area (Å²) >= 11 is 0. The molecule has 0 amide bonds. The van der Waals surface area contributed by atoms with Gasteiger partial charge in [-0.1, -0.05) is 39.0 Å². The Balaban J connectivity index is 1.98. The van der Waals surface area contributed by atoms with Crippen LogP contribution in [0.15, 0.2) is 23.0 Å². The number of benzene rings is 1. The van der Waals surface area contributed by atoms with Gasteiger partial charge in [0.1, 0.15) is 24.4 Å². The van der Waals surface area contributed by atoms with Crippen molar-refractivity contribution in [3.05, 3.63) is 38.7 Å². The Bertz CT molecular complexity index is 1100. The quantitative estimate of drug-likeness (QED) is 0.185. The van der Waals surface area contributed by atoms with Crippen LogP contribution in [-0.4, -0.2) is 73.8 Å². The number of hydrogen-bond acceptors (Lipinski definition) is 10. The van der Waals surface area contributed by atoms with Crippen LogP contribution < -0.4 is 15.0 Å². The highest BCUT2D eigenvalue weighted by atomic mass is 16.7. The lowest BCUT2D eigenvalue weighted by atomic mass is 9.99. The standard InChI is InChI=1S/C24H34N2O10/c1-3-4-5-6-7-8-11-34-22-21(36-24-20(30)19(29)18(28)17(13-27)35-24)15-10-9-14(26(32)33)12-16(15)25(2)23(22)31/h9-10,12,17-20,24,27-30H,3-8,11,13H2,1-2H3/t17-,18-,19+,20+,24-/m1/s1. The molecule has 12 nitrogen and oxygen atoms in total. The van der Waals surface area contributed by atoms with Crippen LogP contribution in [0.1, 0.15) is 45.4 Å². The lowest BCUT2D eigenvalue weighted by Crippen LogP contribution is -2.60. The van der Waals surface area contributed by atoms with Crippen molar-refractivity contribution in [3.8, 4) is 11.5 Å². The van der Waals surface area contributed by atoms with Crippen LogP contribution in [0.2, 0.25) is 0 Å². The zero-order chi connectivity index (χ0) is 26.4. The summed E-state index contributed by atoms with van der Waals surface area (Å²) in [6.45, 7) is 1.69. The molecule has 1 aliphatic heterocycles. The van der Waals surface area contributed by atoms with E-state index >= 15 is 0 Å². The highest BCUT2D eigenvalue weighted by molar-refractivity contribution is 5.89. The SMILES string of the molecule is CCCCCCCCOc1c(O[C@H]2O[C@H](CO)[C@@H](O)[C@H](O)[C@@H]2O)c2ccc([N+](=O)[O-])cc2n(C)c1=O. The summed E-state index contributed by atoms with van der Waals surface area (Å²) in [6.07, 6.45) is -1.77. The predicted octanol–water partition coefficient (Wildman–Crippen LogP) is 1.36. The van der Waals surface area contributed by atoms with Crippen LogP contribution in [0.3, 0.4) is 0 Å². The third kappa shape index (κ3) is 5.95. The van der Waals surface area contributed by atoms with Crippen molar-refractivity contribution in [2.75, 3.05) is 13.2 Å². The molecule has 12 heteroatoms. The minimum absolute atomic E-state index is 0.127. The maximum Gasteiger partial charge on any atom is 0.297 e. The summed E-state index contributed by atoms with van der Waals surface area (Å²) in [5.41, 5.74) is -0.675. The molecule has 36 heavy (non-hydrogen) atoms. The van der Waals surface area contributed by atoms with Gasteiger partial charge >= 0.3 is 0 Å². The van der Waals surface area contributed by atoms with Crippen molar-refractivity contribution >= 4 is 16.6 Å². The molecule has 200 valence electrons. The van der Waals surface area contributed by atoms with Crippen molar-refractivity contribution < 1.29 is 39.6 Å². The molecule has 1 aromatic heterocycles. The molecule has 0 saturated carbocycles. The molecular weight excluding hydrogens is 476 g/mol. The molecule has 3 rings (SSSR count). The molecule has 0 aliphatic carbocycles. The van der Waals surface area contributed by atoms with Crippen molar-refractivity contribution in [2.45, 2.75) is 76.2 Å². The van der Waals surface area contributed by atoms with Crippen LogP contribution in [0.25, 0.3) is 10.9 Å². The van der Waals surface area contributed by atoms with Crippen molar-refractivity contribution in [2.24, 2.45) is 7.05 Å². The molecule has 5 atom stereocenters. The van der Waals surface area contributed by atoms with Gasteiger partial charge in [-0.05, 0) is 12.5 Å². The average molecular weight is 511 g/mol. The van der Waals surface area contributed by atoms with Crippen molar-refractivity contribution in [3.63, 3.8) is 0 Å². The molecule has 4 N–H and O–H groups in total. The van der Waals surface area contributed by atoms with E-state index < -0.39 is 47.8 Å². The van der Waals surface area contributed by atoms with Crippen molar-refractivity contribution in [1.82, 2.24) is 4.57 Å². The van der Waals surface area contributed by atoms with E-state index in [1.165, 1.54) is 29.8 Å². The van der Waals surface area contributed by atoms with Crippen LogP contribution in [0.4, 0.5) is 5.69 Å². The van der Waals surface area contributed by atoms with Gasteiger partial charge in [-0.2, -0.15) is 0 Å². The van der Waals surface area contributed by atoms with Crippen LogP contribution in [-0.2, 0) is 11.8 Å². The maximum atomic E-state index is 13.2. The Labute approximate surface area is 207 Å². The highest BCUT2D eigenvalue weighted by Gasteiger charge is 2.45. The van der Waals surface area contributed by atoms with Gasteiger partial charge in [-0.15, -0.1) is 0 Å². The number of non-ortho nitro benzene ring substituents is 1. The van der Waals surface area contributed by atoms with Gasteiger partial charge in [0.2, 0.25) is 12.0 Å². The van der Waals surface area contributed by atoms with E-state index in [1.807, 2.05) is 0 Å². The zero-order valence-corrected chi connectivity index (χ0v) is 20.4. The Hall–Kier alpha value is -2.77. The smallest absolute Gasteiger partial charge is 0.297 e. The zero-order valence-electron chi connectivity index (χ0n) is 20.4. The van der Waals surface area contributed by atoms with Gasteiger partial charge in [0.25, 0.3) is 11.2 Å². The number of aromatic nitrogens is 1. The molecule has 0 bridgehead atoms. The fraction of sp³-hybridized carbons (Fsp3) is 0.625. The molecule has 0 spiro atoms. The van der Waals surface area contributed by atoms with E-state index in [-0.39, 0.29) is 34.7 Å². The predicted molar refractivity (Wildman–Crippen MR) is 129 cm³/mol. The topological polar surface area (TPSA) is 174 Å². The van der Waals surface area contributed by atoms with E-state index in [4.69, 9.17) is 14.2 Å². The first kappa shape index (κ1) is 27.8. The number of fused-ring (bicyclic) bond motifs is 1. The number of unbranched alkanes of at least 4 members (excludes halogenated alkanes) is 5. The fourth-order valence-electron chi connectivity index (χ4n) is 4.17. The Morgan fingerprint density at radius 1 is 1.06 bits per heavy atom. The second-order valence-electron chi connectivity index (χ2n) is 8.91. The average Bonchev–Trinajstić information content (AvgIpc) is 2.87. The fourth-order valence-corrected chi connectivity index (χ4v) is 4.17. The summed E-state index contributed by atoms with van der Waals surface area (Å²) in [6, 6.07) is 3.85. The third-order valence-corrected chi connectivity index (χ3v) is 6.33. The van der Waals surface area contributed by atoms with Crippen LogP contribution >= 0.6 is 0 Å². The number of hydrogen-bond donors (Lipinski definition) is 4. The molecule has 1 saturated heterocycles. The van der Waals surface area contributed by atoms with Gasteiger partial charge in [0, 0.05) is 24.6 Å². The third-order valence-electron chi connectivity index (χ3n) is 6.33. The molecule has 2 aromatic rings. The first-order valence-electron chi connectivity index (χ1n) is 12.1. The summed E-state index contributed by atoms with van der Waals surface area (Å²) < 4.78 is 18.3. The van der Waals surface area contributed by atoms with E-state index in [1.54, 1.807) is 0 Å². The first-order valence-corrected chi connectivity index (χ1v) is 12.1. The lowest BCUT2D eigenvalue weighted by molar-refractivity contribution is -0.384. The van der Waals surface area contributed by atoms with E-state index in [2.05, 4.69) is 6.92 Å². The van der Waals surface area contributed by atoms with Gasteiger partial charge in [-0.3, -0.25) is 14.9 Å². The minimum atomic E-state index is -1.72. The van der Waals surface area contributed by atoms with Gasteiger partial charge < -0.3 is 39.2 Å². The minimum Gasteiger partial charge on any atom is -0.485 e. The second kappa shape index (κ2) is 12.5. The summed E-state index contributed by atoms with van der Waals surface area (Å²) in [5, 5.41) is 51.7. The van der Waals surface area contributed by atoms with Crippen LogP contribution in [0.5, 0.6) is 11.5 Å². The number of rotatable bonds is 12. The summed E-state index contributed by atoms with van der Waals surface area (Å²) in [5.74, 6) is -0.303.